The molecule has 4 rings (SSSR count). The van der Waals surface area contributed by atoms with E-state index < -0.39 is 0 Å². The summed E-state index contributed by atoms with van der Waals surface area (Å²) >= 11 is 6.38. The number of rotatable bonds is 4. The van der Waals surface area contributed by atoms with Crippen LogP contribution in [0.25, 0.3) is 10.9 Å². The lowest BCUT2D eigenvalue weighted by atomic mass is 10.1. The number of aryl methyl sites for hydroxylation is 3. The van der Waals surface area contributed by atoms with E-state index in [0.717, 1.165) is 38.3 Å². The van der Waals surface area contributed by atoms with Crippen LogP contribution in [0.15, 0.2) is 54.6 Å². The molecule has 0 atom stereocenters. The van der Waals surface area contributed by atoms with Crippen molar-refractivity contribution in [2.24, 2.45) is 0 Å². The maximum atomic E-state index is 12.8. The van der Waals surface area contributed by atoms with E-state index in [1.165, 1.54) is 5.69 Å². The molecule has 1 amide bonds. The molecule has 2 heterocycles. The predicted molar refractivity (Wildman–Crippen MR) is 124 cm³/mol. The number of carbonyl (C=O) groups excluding carboxylic acids is 1. The Kier molecular flexibility index (Phi) is 5.35. The fourth-order valence-electron chi connectivity index (χ4n) is 3.89. The highest BCUT2D eigenvalue weighted by molar-refractivity contribution is 6.31. The topological polar surface area (TPSA) is 46.9 Å². The summed E-state index contributed by atoms with van der Waals surface area (Å²) in [5, 5.41) is 4.75. The molecule has 4 aromatic rings. The molecule has 0 saturated heterocycles. The minimum atomic E-state index is -0.162. The lowest BCUT2D eigenvalue weighted by molar-refractivity contribution is 0.102. The Bertz CT molecular complexity index is 1250. The average Bonchev–Trinajstić information content (AvgIpc) is 2.93. The third kappa shape index (κ3) is 3.83. The summed E-state index contributed by atoms with van der Waals surface area (Å²) in [6.07, 6.45) is 0. The molecule has 5 heteroatoms. The number of amides is 1. The first-order valence-corrected chi connectivity index (χ1v) is 10.3. The van der Waals surface area contributed by atoms with Gasteiger partial charge in [-0.15, -0.1) is 0 Å². The molecule has 2 aromatic heterocycles. The fourth-order valence-corrected chi connectivity index (χ4v) is 4.08. The molecule has 0 unspecified atom stereocenters. The molecule has 30 heavy (non-hydrogen) atoms. The monoisotopic (exact) mass is 417 g/mol. The summed E-state index contributed by atoms with van der Waals surface area (Å²) in [6.45, 7) is 8.79. The first kappa shape index (κ1) is 20.2. The molecule has 1 N–H and O–H groups in total. The van der Waals surface area contributed by atoms with Gasteiger partial charge < -0.3 is 9.88 Å². The van der Waals surface area contributed by atoms with Gasteiger partial charge in [-0.2, -0.15) is 0 Å². The summed E-state index contributed by atoms with van der Waals surface area (Å²) in [5.74, 6) is 0.409. The number of fused-ring (bicyclic) bond motifs is 1. The molecule has 0 radical (unpaired) electrons. The first-order valence-electron chi connectivity index (χ1n) is 9.93. The lowest BCUT2D eigenvalue weighted by Crippen LogP contribution is -2.13. The van der Waals surface area contributed by atoms with Crippen LogP contribution in [0.1, 0.15) is 38.4 Å². The number of anilines is 1. The van der Waals surface area contributed by atoms with Gasteiger partial charge in [0.15, 0.2) is 0 Å². The molecule has 0 saturated carbocycles. The highest BCUT2D eigenvalue weighted by Gasteiger charge is 2.15. The molecule has 0 aliphatic heterocycles. The van der Waals surface area contributed by atoms with Crippen molar-refractivity contribution in [1.82, 2.24) is 9.55 Å². The zero-order valence-electron chi connectivity index (χ0n) is 17.6. The Balaban J connectivity index is 1.68. The number of nitrogens with one attached hydrogen (secondary N) is 1. The lowest BCUT2D eigenvalue weighted by Gasteiger charge is -2.11. The number of nitrogens with zero attached hydrogens (tertiary/aromatic N) is 2. The van der Waals surface area contributed by atoms with Gasteiger partial charge in [0, 0.05) is 39.4 Å². The average molecular weight is 418 g/mol. The van der Waals surface area contributed by atoms with Crippen molar-refractivity contribution in [3.8, 4) is 0 Å². The van der Waals surface area contributed by atoms with Crippen molar-refractivity contribution in [2.45, 2.75) is 34.2 Å². The minimum absolute atomic E-state index is 0.162. The SMILES string of the molecule is Cc1cc(C)nc(NC(=O)c2ccc3c(c2)c(C)c(C)n3Cc2ccccc2Cl)c1. The second-order valence-corrected chi connectivity index (χ2v) is 8.15. The zero-order valence-corrected chi connectivity index (χ0v) is 18.3. The molecule has 0 aliphatic rings. The number of halogens is 1. The van der Waals surface area contributed by atoms with Crippen molar-refractivity contribution in [3.63, 3.8) is 0 Å². The maximum absolute atomic E-state index is 12.8. The van der Waals surface area contributed by atoms with E-state index in [9.17, 15) is 4.79 Å². The number of pyridine rings is 1. The van der Waals surface area contributed by atoms with Crippen LogP contribution in [0.4, 0.5) is 5.82 Å². The molecule has 0 spiro atoms. The van der Waals surface area contributed by atoms with Crippen molar-refractivity contribution in [2.75, 3.05) is 5.32 Å². The van der Waals surface area contributed by atoms with Crippen LogP contribution in [0, 0.1) is 27.7 Å². The Morgan fingerprint density at radius 1 is 1.03 bits per heavy atom. The van der Waals surface area contributed by atoms with Gasteiger partial charge in [0.1, 0.15) is 5.82 Å². The number of carbonyl (C=O) groups is 1. The van der Waals surface area contributed by atoms with E-state index in [-0.39, 0.29) is 5.91 Å². The highest BCUT2D eigenvalue weighted by atomic mass is 35.5. The molecule has 0 aliphatic carbocycles. The van der Waals surface area contributed by atoms with E-state index in [0.29, 0.717) is 17.9 Å². The van der Waals surface area contributed by atoms with Gasteiger partial charge in [-0.05, 0) is 80.8 Å². The second-order valence-electron chi connectivity index (χ2n) is 7.75. The third-order valence-electron chi connectivity index (χ3n) is 5.53. The van der Waals surface area contributed by atoms with Crippen LogP contribution in [-0.4, -0.2) is 15.5 Å². The molecular formula is C25H24ClN3O. The van der Waals surface area contributed by atoms with Crippen LogP contribution in [-0.2, 0) is 6.54 Å². The van der Waals surface area contributed by atoms with Crippen LogP contribution in [0.5, 0.6) is 0 Å². The summed E-state index contributed by atoms with van der Waals surface area (Å²) in [6, 6.07) is 17.6. The summed E-state index contributed by atoms with van der Waals surface area (Å²) in [5.41, 5.74) is 7.05. The number of aromatic nitrogens is 2. The minimum Gasteiger partial charge on any atom is -0.340 e. The molecule has 0 bridgehead atoms. The fraction of sp³-hybridized carbons (Fsp3) is 0.200. The Morgan fingerprint density at radius 2 is 1.80 bits per heavy atom. The van der Waals surface area contributed by atoms with E-state index in [1.54, 1.807) is 0 Å². The number of hydrogen-bond donors (Lipinski definition) is 1. The first-order chi connectivity index (χ1) is 14.3. The maximum Gasteiger partial charge on any atom is 0.256 e. The molecule has 4 nitrogen and oxygen atoms in total. The van der Waals surface area contributed by atoms with Gasteiger partial charge in [0.2, 0.25) is 0 Å². The highest BCUT2D eigenvalue weighted by Crippen LogP contribution is 2.28. The van der Waals surface area contributed by atoms with Gasteiger partial charge in [-0.25, -0.2) is 4.98 Å². The van der Waals surface area contributed by atoms with Crippen molar-refractivity contribution in [3.05, 3.63) is 93.3 Å². The third-order valence-corrected chi connectivity index (χ3v) is 5.90. The van der Waals surface area contributed by atoms with Crippen LogP contribution in [0.2, 0.25) is 5.02 Å². The summed E-state index contributed by atoms with van der Waals surface area (Å²) in [7, 11) is 0. The van der Waals surface area contributed by atoms with E-state index >= 15 is 0 Å². The van der Waals surface area contributed by atoms with Gasteiger partial charge in [-0.1, -0.05) is 29.8 Å². The van der Waals surface area contributed by atoms with Gasteiger partial charge in [0.25, 0.3) is 5.91 Å². The van der Waals surface area contributed by atoms with Crippen LogP contribution < -0.4 is 5.32 Å². The van der Waals surface area contributed by atoms with Gasteiger partial charge in [-0.3, -0.25) is 4.79 Å². The van der Waals surface area contributed by atoms with Crippen molar-refractivity contribution >= 4 is 34.2 Å². The van der Waals surface area contributed by atoms with Gasteiger partial charge in [0.05, 0.1) is 0 Å². The van der Waals surface area contributed by atoms with Gasteiger partial charge >= 0.3 is 0 Å². The standard InChI is InChI=1S/C25H24ClN3O/c1-15-11-16(2)27-24(12-15)28-25(30)19-9-10-23-21(13-19)17(3)18(4)29(23)14-20-7-5-6-8-22(20)26/h5-13H,14H2,1-4H3,(H,27,28,30). The molecular weight excluding hydrogens is 394 g/mol. The van der Waals surface area contributed by atoms with Crippen LogP contribution >= 0.6 is 11.6 Å². The van der Waals surface area contributed by atoms with Crippen molar-refractivity contribution < 1.29 is 4.79 Å². The smallest absolute Gasteiger partial charge is 0.256 e. The van der Waals surface area contributed by atoms with E-state index in [2.05, 4.69) is 28.7 Å². The predicted octanol–water partition coefficient (Wildman–Crippen LogP) is 6.22. The Hall–Kier alpha value is -3.11. The summed E-state index contributed by atoms with van der Waals surface area (Å²) < 4.78 is 2.25. The quantitative estimate of drug-likeness (QED) is 0.428. The zero-order chi connectivity index (χ0) is 21.4. The van der Waals surface area contributed by atoms with E-state index in [1.807, 2.05) is 68.4 Å². The normalized spacial score (nSPS) is 11.1. The number of benzene rings is 2. The summed E-state index contributed by atoms with van der Waals surface area (Å²) in [4.78, 5) is 17.2. The second kappa shape index (κ2) is 7.96. The largest absolute Gasteiger partial charge is 0.340 e. The molecule has 0 fully saturated rings. The van der Waals surface area contributed by atoms with Crippen LogP contribution in [0.3, 0.4) is 0 Å². The van der Waals surface area contributed by atoms with E-state index in [4.69, 9.17) is 11.6 Å². The molecule has 2 aromatic carbocycles. The Labute approximate surface area is 181 Å². The Morgan fingerprint density at radius 3 is 2.53 bits per heavy atom. The van der Waals surface area contributed by atoms with Crippen molar-refractivity contribution in [1.29, 1.82) is 0 Å². The number of hydrogen-bond acceptors (Lipinski definition) is 2. The molecule has 152 valence electrons.